The number of hydrogen-bond donors (Lipinski definition) is 0. The van der Waals surface area contributed by atoms with Crippen molar-refractivity contribution in [3.8, 4) is 61.3 Å². The Balaban J connectivity index is 1.32. The van der Waals surface area contributed by atoms with Crippen LogP contribution in [0.15, 0.2) is 200 Å². The lowest BCUT2D eigenvalue weighted by Gasteiger charge is -2.19. The second-order valence-corrected chi connectivity index (χ2v) is 12.5. The van der Waals surface area contributed by atoms with Crippen LogP contribution in [0.3, 0.4) is 0 Å². The Morgan fingerprint density at radius 3 is 1.58 bits per heavy atom. The number of aryl methyl sites for hydroxylation is 1. The third kappa shape index (κ3) is 5.71. The Morgan fingerprint density at radius 2 is 0.982 bits per heavy atom. The first-order valence-corrected chi connectivity index (χ1v) is 17.1. The number of hydrogen-bond acceptors (Lipinski definition) is 1. The van der Waals surface area contributed by atoms with E-state index in [1.165, 1.54) is 22.8 Å². The maximum atomic E-state index is 9.58. The molecule has 0 bridgehead atoms. The Labute approximate surface area is 354 Å². The molecule has 10 aromatic rings. The van der Waals surface area contributed by atoms with Crippen molar-refractivity contribution in [2.75, 3.05) is 0 Å². The summed E-state index contributed by atoms with van der Waals surface area (Å²) in [6.45, 7) is -3.13. The minimum absolute atomic E-state index is 0.0658. The van der Waals surface area contributed by atoms with Crippen molar-refractivity contribution < 1.29 is 31.5 Å². The number of nitrogens with zero attached hydrogens (tertiary/aromatic N) is 2. The largest absolute Gasteiger partial charge is 0.296 e. The predicted octanol–water partition coefficient (Wildman–Crippen LogP) is 14.2. The second-order valence-electron chi connectivity index (χ2n) is 12.5. The molecular formula is C53H38N2. The highest BCUT2D eigenvalue weighted by atomic mass is 15.1. The molecule has 2 nitrogen and oxygen atoms in total. The van der Waals surface area contributed by atoms with Gasteiger partial charge in [0.2, 0.25) is 0 Å². The smallest absolute Gasteiger partial charge is 0.114 e. The van der Waals surface area contributed by atoms with Gasteiger partial charge in [-0.2, -0.15) is 0 Å². The fraction of sp³-hybridized carbons (Fsp3) is 0.0377. The zero-order chi connectivity index (χ0) is 56.7. The predicted molar refractivity (Wildman–Crippen MR) is 233 cm³/mol. The van der Waals surface area contributed by atoms with E-state index in [2.05, 4.69) is 4.98 Å². The van der Waals surface area contributed by atoms with Crippen LogP contribution in [-0.4, -0.2) is 9.55 Å². The van der Waals surface area contributed by atoms with Gasteiger partial charge in [-0.25, -0.2) is 4.98 Å². The van der Waals surface area contributed by atoms with E-state index in [0.29, 0.717) is 27.8 Å². The Bertz CT molecular complexity index is 4030. The molecule has 2 heteroatoms. The molecule has 1 aromatic heterocycles. The summed E-state index contributed by atoms with van der Waals surface area (Å²) in [5.74, 6) is -0.381. The van der Waals surface area contributed by atoms with Gasteiger partial charge in [0, 0.05) is 18.8 Å². The number of fused-ring (bicyclic) bond motifs is 3. The summed E-state index contributed by atoms with van der Waals surface area (Å²) < 4.78 is 204. The summed E-state index contributed by atoms with van der Waals surface area (Å²) in [5, 5.41) is -1.06. The van der Waals surface area contributed by atoms with Crippen molar-refractivity contribution in [1.29, 1.82) is 0 Å². The van der Waals surface area contributed by atoms with E-state index in [-0.39, 0.29) is 60.8 Å². The molecule has 0 aliphatic rings. The molecule has 260 valence electrons. The van der Waals surface area contributed by atoms with Gasteiger partial charge in [0.15, 0.2) is 0 Å². The van der Waals surface area contributed by atoms with E-state index in [9.17, 15) is 5.48 Å². The standard InChI is InChI=1S/C53H38N2/c1-2-51-54-48-26-14-16-28-50(48)55(51)49-27-15-13-21-43(49)38-29-31-39(32-30-38)52-44-22-9-11-24-46(44)53(47-25-12-10-23-45(47)52)42-34-40(36-17-5-3-6-18-36)33-41(35-42)37-19-7-4-8-20-37/h3-35H,2H2,1H3/i1D3,2D2,3D,4D,5D,6D,7D,8D,9D,10D,11D,12D,17D,18D,19D,20D,22D,23D,24D,25D. The summed E-state index contributed by atoms with van der Waals surface area (Å²) in [4.78, 5) is 4.46. The van der Waals surface area contributed by atoms with E-state index in [4.69, 9.17) is 26.0 Å². The topological polar surface area (TPSA) is 17.8 Å². The van der Waals surface area contributed by atoms with Crippen LogP contribution in [0.2, 0.25) is 0 Å². The quantitative estimate of drug-likeness (QED) is 0.150. The van der Waals surface area contributed by atoms with E-state index in [1.54, 1.807) is 72.8 Å². The third-order valence-corrected chi connectivity index (χ3v) is 9.48. The molecule has 0 aliphatic heterocycles. The van der Waals surface area contributed by atoms with Crippen molar-refractivity contribution in [2.24, 2.45) is 0 Å². The van der Waals surface area contributed by atoms with Crippen LogP contribution < -0.4 is 0 Å². The van der Waals surface area contributed by atoms with Gasteiger partial charge >= 0.3 is 0 Å². The number of para-hydroxylation sites is 3. The molecular weight excluding hydrogens is 665 g/mol. The zero-order valence-electron chi connectivity index (χ0n) is 51.6. The molecule has 0 N–H and O–H groups in total. The molecule has 0 unspecified atom stereocenters. The van der Waals surface area contributed by atoms with Crippen molar-refractivity contribution in [3.63, 3.8) is 0 Å². The van der Waals surface area contributed by atoms with E-state index >= 15 is 0 Å². The van der Waals surface area contributed by atoms with Crippen molar-refractivity contribution in [3.05, 3.63) is 206 Å². The molecule has 0 spiro atoms. The first-order chi connectivity index (χ1) is 36.6. The van der Waals surface area contributed by atoms with Gasteiger partial charge in [-0.3, -0.25) is 4.57 Å². The monoisotopic (exact) mass is 725 g/mol. The number of benzene rings is 9. The highest BCUT2D eigenvalue weighted by Crippen LogP contribution is 2.45. The van der Waals surface area contributed by atoms with Crippen LogP contribution in [0, 0.1) is 0 Å². The normalized spacial score (nSPS) is 17.9. The minimum atomic E-state index is -3.13. The lowest BCUT2D eigenvalue weighted by Crippen LogP contribution is -2.02. The Kier molecular flexibility index (Phi) is 4.14. The fourth-order valence-electron chi connectivity index (χ4n) is 7.13. The molecule has 9 aromatic carbocycles. The fourth-order valence-corrected chi connectivity index (χ4v) is 7.13. The lowest BCUT2D eigenvalue weighted by molar-refractivity contribution is 0.909. The van der Waals surface area contributed by atoms with Gasteiger partial charge in [0.25, 0.3) is 0 Å². The Morgan fingerprint density at radius 1 is 0.491 bits per heavy atom. The van der Waals surface area contributed by atoms with Gasteiger partial charge in [0.05, 0.1) is 41.4 Å². The van der Waals surface area contributed by atoms with E-state index in [1.807, 2.05) is 0 Å². The molecule has 0 radical (unpaired) electrons. The van der Waals surface area contributed by atoms with Gasteiger partial charge in [-0.05, 0) is 108 Å². The van der Waals surface area contributed by atoms with Gasteiger partial charge in [0.1, 0.15) is 5.82 Å². The highest BCUT2D eigenvalue weighted by Gasteiger charge is 2.19. The van der Waals surface area contributed by atoms with Crippen LogP contribution in [0.1, 0.15) is 44.2 Å². The van der Waals surface area contributed by atoms with Gasteiger partial charge < -0.3 is 0 Å². The summed E-state index contributed by atoms with van der Waals surface area (Å²) in [5.41, 5.74) is 0.578. The first-order valence-electron chi connectivity index (χ1n) is 28.6. The van der Waals surface area contributed by atoms with Crippen LogP contribution in [-0.2, 0) is 6.37 Å². The number of aromatic nitrogens is 2. The average molecular weight is 726 g/mol. The summed E-state index contributed by atoms with van der Waals surface area (Å²) in [6, 6.07) is 10.9. The van der Waals surface area contributed by atoms with Gasteiger partial charge in [-0.1, -0.05) is 170 Å². The second kappa shape index (κ2) is 13.7. The zero-order valence-corrected chi connectivity index (χ0v) is 28.6. The molecule has 1 heterocycles. The Hall–Kier alpha value is -7.03. The molecule has 55 heavy (non-hydrogen) atoms. The summed E-state index contributed by atoms with van der Waals surface area (Å²) in [7, 11) is 0. The minimum Gasteiger partial charge on any atom is -0.296 e. The first kappa shape index (κ1) is 16.5. The molecule has 0 saturated carbocycles. The van der Waals surface area contributed by atoms with Crippen LogP contribution in [0.25, 0.3) is 93.9 Å². The summed E-state index contributed by atoms with van der Waals surface area (Å²) in [6.07, 6.45) is -2.93. The van der Waals surface area contributed by atoms with Crippen LogP contribution in [0.4, 0.5) is 0 Å². The van der Waals surface area contributed by atoms with E-state index in [0.717, 1.165) is 0 Å². The maximum absolute atomic E-state index is 9.58. The number of imidazole rings is 1. The molecule has 0 fully saturated rings. The molecule has 10 rings (SSSR count). The lowest BCUT2D eigenvalue weighted by atomic mass is 9.84. The SMILES string of the molecule is [2H]c1c([2H])c([2H])c(-c2cc(-c3c([2H])c([2H])c([2H])c([2H])c3[2H])cc(-c3c4c([2H])c([2H])c([2H])c([2H])c4c(-c4ccc(-c5ccccc5-n5c(C([2H])([2H])C([2H])([2H])[2H])nc6ccccc65)cc4)c4c([2H])c([2H])c([2H])c([2H])c34)c2)c([2H])c1[2H]. The molecule has 0 atom stereocenters. The van der Waals surface area contributed by atoms with Crippen molar-refractivity contribution in [1.82, 2.24) is 9.55 Å². The van der Waals surface area contributed by atoms with Crippen molar-refractivity contribution >= 4 is 32.6 Å². The third-order valence-electron chi connectivity index (χ3n) is 9.48. The van der Waals surface area contributed by atoms with Gasteiger partial charge in [-0.15, -0.1) is 0 Å². The van der Waals surface area contributed by atoms with E-state index < -0.39 is 133 Å². The maximum Gasteiger partial charge on any atom is 0.114 e. The summed E-state index contributed by atoms with van der Waals surface area (Å²) >= 11 is 0. The molecule has 0 aliphatic carbocycles. The van der Waals surface area contributed by atoms with Crippen LogP contribution >= 0.6 is 0 Å². The molecule has 0 amide bonds. The average Bonchev–Trinajstić information content (AvgIpc) is 3.90. The number of rotatable bonds is 7. The highest BCUT2D eigenvalue weighted by molar-refractivity contribution is 6.21. The van der Waals surface area contributed by atoms with Crippen molar-refractivity contribution in [2.45, 2.75) is 13.2 Å². The molecule has 0 saturated heterocycles. The van der Waals surface area contributed by atoms with Crippen LogP contribution in [0.5, 0.6) is 0 Å².